The molecule has 148 valence electrons. The smallest absolute Gasteiger partial charge is 0.276 e. The van der Waals surface area contributed by atoms with Crippen LogP contribution < -0.4 is 0 Å². The van der Waals surface area contributed by atoms with Gasteiger partial charge in [0.2, 0.25) is 10.0 Å². The molecule has 0 aliphatic carbocycles. The first kappa shape index (κ1) is 17.7. The number of rotatable bonds is 3. The number of nitrogens with one attached hydrogen (secondary N) is 1. The predicted octanol–water partition coefficient (Wildman–Crippen LogP) is 1.01. The molecule has 1 amide bonds. The van der Waals surface area contributed by atoms with Crippen LogP contribution in [0.4, 0.5) is 8.78 Å². The Kier molecular flexibility index (Phi) is 3.82. The monoisotopic (exact) mass is 409 g/mol. The van der Waals surface area contributed by atoms with Gasteiger partial charge in [-0.05, 0) is 42.9 Å². The number of carbonyl (C=O) groups excluding carboxylic acids is 1. The first-order valence-electron chi connectivity index (χ1n) is 9.01. The highest BCUT2D eigenvalue weighted by atomic mass is 32.2. The molecule has 0 unspecified atom stereocenters. The average molecular weight is 409 g/mol. The van der Waals surface area contributed by atoms with Crippen LogP contribution in [0.2, 0.25) is 0 Å². The molecule has 11 heteroatoms. The molecular formula is C17H17F2N5O3S. The lowest BCUT2D eigenvalue weighted by atomic mass is 9.82. The maximum atomic E-state index is 14.2. The third kappa shape index (κ3) is 2.42. The number of aromatic amines is 1. The van der Waals surface area contributed by atoms with Gasteiger partial charge in [-0.2, -0.15) is 19.7 Å². The number of H-pyrrole nitrogens is 1. The molecule has 1 N–H and O–H groups in total. The van der Waals surface area contributed by atoms with Crippen LogP contribution >= 0.6 is 0 Å². The fraction of sp³-hybridized carbons (Fsp3) is 0.471. The van der Waals surface area contributed by atoms with Crippen molar-refractivity contribution < 1.29 is 22.0 Å². The van der Waals surface area contributed by atoms with Crippen LogP contribution in [-0.2, 0) is 10.0 Å². The van der Waals surface area contributed by atoms with Crippen molar-refractivity contribution in [2.45, 2.75) is 29.8 Å². The highest BCUT2D eigenvalue weighted by Gasteiger charge is 2.61. The number of fused-ring (bicyclic) bond motifs is 5. The van der Waals surface area contributed by atoms with Gasteiger partial charge in [0.1, 0.15) is 16.5 Å². The number of aromatic nitrogens is 3. The summed E-state index contributed by atoms with van der Waals surface area (Å²) < 4.78 is 55.3. The maximum absolute atomic E-state index is 14.2. The van der Waals surface area contributed by atoms with Gasteiger partial charge in [-0.25, -0.2) is 17.2 Å². The topological polar surface area (TPSA) is 99.3 Å². The van der Waals surface area contributed by atoms with Gasteiger partial charge < -0.3 is 4.90 Å². The molecule has 0 saturated carbocycles. The summed E-state index contributed by atoms with van der Waals surface area (Å²) in [6.45, 7) is 0.824. The Labute approximate surface area is 159 Å². The van der Waals surface area contributed by atoms with Gasteiger partial charge >= 0.3 is 0 Å². The van der Waals surface area contributed by atoms with E-state index in [2.05, 4.69) is 15.4 Å². The Morgan fingerprint density at radius 2 is 1.82 bits per heavy atom. The third-order valence-corrected chi connectivity index (χ3v) is 8.15. The summed E-state index contributed by atoms with van der Waals surface area (Å²) in [6.07, 6.45) is 2.65. The van der Waals surface area contributed by atoms with E-state index in [-0.39, 0.29) is 35.5 Å². The maximum Gasteiger partial charge on any atom is 0.276 e. The molecule has 3 aliphatic heterocycles. The number of likely N-dealkylation sites (tertiary alicyclic amines) is 1. The van der Waals surface area contributed by atoms with Gasteiger partial charge in [0.25, 0.3) is 5.91 Å². The van der Waals surface area contributed by atoms with Crippen molar-refractivity contribution >= 4 is 15.9 Å². The zero-order valence-corrected chi connectivity index (χ0v) is 15.4. The fourth-order valence-corrected chi connectivity index (χ4v) is 7.13. The molecule has 5 rings (SSSR count). The van der Waals surface area contributed by atoms with Crippen molar-refractivity contribution in [1.29, 1.82) is 0 Å². The van der Waals surface area contributed by atoms with Crippen molar-refractivity contribution in [3.05, 3.63) is 41.7 Å². The third-order valence-electron chi connectivity index (χ3n) is 6.18. The first-order valence-corrected chi connectivity index (χ1v) is 10.5. The highest BCUT2D eigenvalue weighted by Crippen LogP contribution is 2.51. The van der Waals surface area contributed by atoms with Gasteiger partial charge in [-0.15, -0.1) is 0 Å². The number of nitrogens with zero attached hydrogens (tertiary/aromatic N) is 4. The predicted molar refractivity (Wildman–Crippen MR) is 91.5 cm³/mol. The highest BCUT2D eigenvalue weighted by molar-refractivity contribution is 7.89. The molecule has 4 atom stereocenters. The molecule has 3 saturated heterocycles. The SMILES string of the molecule is O=C(c1cn[nH]n1)N1C[C@@H]2[C@H](C1)[C@@H]1CC[C@H]2N1S(=O)(=O)c1cc(F)ccc1F. The van der Waals surface area contributed by atoms with Gasteiger partial charge in [-0.3, -0.25) is 4.79 Å². The summed E-state index contributed by atoms with van der Waals surface area (Å²) in [6, 6.07) is 1.82. The van der Waals surface area contributed by atoms with Crippen LogP contribution in [0.15, 0.2) is 29.3 Å². The van der Waals surface area contributed by atoms with Crippen molar-refractivity contribution in [2.24, 2.45) is 11.8 Å². The lowest BCUT2D eigenvalue weighted by Crippen LogP contribution is -2.41. The molecule has 8 nitrogen and oxygen atoms in total. The van der Waals surface area contributed by atoms with Gasteiger partial charge in [-0.1, -0.05) is 0 Å². The van der Waals surface area contributed by atoms with Crippen molar-refractivity contribution in [3.8, 4) is 0 Å². The Morgan fingerprint density at radius 1 is 1.14 bits per heavy atom. The number of carbonyl (C=O) groups is 1. The summed E-state index contributed by atoms with van der Waals surface area (Å²) in [5.41, 5.74) is 0.221. The standard InChI is InChI=1S/C17H17F2N5O3S/c18-9-1-2-12(19)16(5-9)28(26,27)24-14-3-4-15(24)11-8-23(7-10(11)14)17(25)13-6-20-22-21-13/h1-2,5-6,10-11,14-15H,3-4,7-8H2,(H,20,21,22)/t10-,11+,14-,15+. The van der Waals surface area contributed by atoms with E-state index in [1.165, 1.54) is 10.5 Å². The van der Waals surface area contributed by atoms with Crippen LogP contribution in [-0.4, -0.2) is 64.1 Å². The first-order chi connectivity index (χ1) is 13.4. The number of hydrogen-bond acceptors (Lipinski definition) is 5. The van der Waals surface area contributed by atoms with E-state index in [9.17, 15) is 22.0 Å². The van der Waals surface area contributed by atoms with E-state index >= 15 is 0 Å². The van der Waals surface area contributed by atoms with Crippen LogP contribution in [0.1, 0.15) is 23.3 Å². The van der Waals surface area contributed by atoms with Crippen LogP contribution in [0.25, 0.3) is 0 Å². The lowest BCUT2D eigenvalue weighted by molar-refractivity contribution is 0.0767. The zero-order chi connectivity index (χ0) is 19.6. The summed E-state index contributed by atoms with van der Waals surface area (Å²) in [5, 5.41) is 9.86. The molecule has 2 bridgehead atoms. The van der Waals surface area contributed by atoms with Crippen molar-refractivity contribution in [1.82, 2.24) is 24.6 Å². The van der Waals surface area contributed by atoms with Crippen LogP contribution in [0, 0.1) is 23.5 Å². The lowest BCUT2D eigenvalue weighted by Gasteiger charge is -2.26. The van der Waals surface area contributed by atoms with E-state index in [0.717, 1.165) is 18.2 Å². The number of halogens is 2. The van der Waals surface area contributed by atoms with Gasteiger partial charge in [0, 0.05) is 25.2 Å². The normalized spacial score (nSPS) is 29.4. The molecule has 1 aromatic carbocycles. The number of amides is 1. The van der Waals surface area contributed by atoms with E-state index < -0.39 is 26.6 Å². The zero-order valence-electron chi connectivity index (χ0n) is 14.6. The molecule has 4 heterocycles. The average Bonchev–Trinajstić information content (AvgIpc) is 3.43. The molecule has 0 spiro atoms. The molecule has 28 heavy (non-hydrogen) atoms. The van der Waals surface area contributed by atoms with Crippen LogP contribution in [0.3, 0.4) is 0 Å². The second-order valence-electron chi connectivity index (χ2n) is 7.51. The van der Waals surface area contributed by atoms with Gasteiger partial charge in [0.15, 0.2) is 5.69 Å². The van der Waals surface area contributed by atoms with Crippen LogP contribution in [0.5, 0.6) is 0 Å². The summed E-state index contributed by atoms with van der Waals surface area (Å²) in [4.78, 5) is 13.6. The fourth-order valence-electron chi connectivity index (χ4n) is 5.09. The summed E-state index contributed by atoms with van der Waals surface area (Å²) in [7, 11) is -4.16. The van der Waals surface area contributed by atoms with Crippen molar-refractivity contribution in [3.63, 3.8) is 0 Å². The van der Waals surface area contributed by atoms with E-state index in [0.29, 0.717) is 25.9 Å². The van der Waals surface area contributed by atoms with E-state index in [1.807, 2.05) is 0 Å². The molecule has 2 aromatic rings. The molecule has 1 aromatic heterocycles. The Bertz CT molecular complexity index is 1030. The molecule has 0 radical (unpaired) electrons. The number of sulfonamides is 1. The summed E-state index contributed by atoms with van der Waals surface area (Å²) in [5.74, 6) is -2.05. The number of hydrogen-bond donors (Lipinski definition) is 1. The van der Waals surface area contributed by atoms with Gasteiger partial charge in [0.05, 0.1) is 6.20 Å². The molecular weight excluding hydrogens is 392 g/mol. The molecule has 3 fully saturated rings. The largest absolute Gasteiger partial charge is 0.336 e. The Balaban J connectivity index is 1.43. The summed E-state index contributed by atoms with van der Waals surface area (Å²) >= 11 is 0. The minimum atomic E-state index is -4.16. The minimum Gasteiger partial charge on any atom is -0.336 e. The molecule has 3 aliphatic rings. The van der Waals surface area contributed by atoms with E-state index in [1.54, 1.807) is 4.90 Å². The minimum absolute atomic E-state index is 0.0269. The quantitative estimate of drug-likeness (QED) is 0.816. The van der Waals surface area contributed by atoms with E-state index in [4.69, 9.17) is 0 Å². The Hall–Kier alpha value is -2.40. The second-order valence-corrected chi connectivity index (χ2v) is 9.33. The Morgan fingerprint density at radius 3 is 2.43 bits per heavy atom. The second kappa shape index (κ2) is 6.05. The van der Waals surface area contributed by atoms with Crippen molar-refractivity contribution in [2.75, 3.05) is 13.1 Å². The number of benzene rings is 1.